The van der Waals surface area contributed by atoms with Crippen molar-refractivity contribution in [3.63, 3.8) is 0 Å². The van der Waals surface area contributed by atoms with Crippen molar-refractivity contribution in [1.82, 2.24) is 5.32 Å². The summed E-state index contributed by atoms with van der Waals surface area (Å²) in [7, 11) is 0. The fourth-order valence-corrected chi connectivity index (χ4v) is 3.94. The Morgan fingerprint density at radius 3 is 2.75 bits per heavy atom. The lowest BCUT2D eigenvalue weighted by Gasteiger charge is -2.34. The summed E-state index contributed by atoms with van der Waals surface area (Å²) in [5.41, 5.74) is 0. The number of nitrogens with one attached hydrogen (secondary N) is 2. The van der Waals surface area contributed by atoms with E-state index in [-0.39, 0.29) is 23.6 Å². The van der Waals surface area contributed by atoms with Crippen LogP contribution in [0.25, 0.3) is 0 Å². The quantitative estimate of drug-likeness (QED) is 0.873. The van der Waals surface area contributed by atoms with E-state index in [2.05, 4.69) is 24.5 Å². The van der Waals surface area contributed by atoms with Gasteiger partial charge in [-0.3, -0.25) is 9.59 Å². The van der Waals surface area contributed by atoms with E-state index in [1.807, 2.05) is 0 Å². The van der Waals surface area contributed by atoms with E-state index in [9.17, 15) is 9.59 Å². The van der Waals surface area contributed by atoms with Crippen LogP contribution in [0.3, 0.4) is 0 Å². The van der Waals surface area contributed by atoms with Crippen molar-refractivity contribution in [3.05, 3.63) is 41.2 Å². The molecule has 0 aromatic carbocycles. The Morgan fingerprint density at radius 1 is 1.17 bits per heavy atom. The lowest BCUT2D eigenvalue weighted by molar-refractivity contribution is 0.0894. The normalized spacial score (nSPS) is 23.7. The predicted octanol–water partition coefficient (Wildman–Crippen LogP) is 4.15. The zero-order valence-electron chi connectivity index (χ0n) is 13.9. The molecule has 0 spiro atoms. The topological polar surface area (TPSA) is 71.3 Å². The summed E-state index contributed by atoms with van der Waals surface area (Å²) in [5.74, 6) is 0.990. The smallest absolute Gasteiger partial charge is 0.291 e. The van der Waals surface area contributed by atoms with Crippen molar-refractivity contribution in [3.8, 4) is 0 Å². The Hall–Kier alpha value is -2.08. The van der Waals surface area contributed by atoms with E-state index in [0.29, 0.717) is 21.7 Å². The van der Waals surface area contributed by atoms with Crippen molar-refractivity contribution in [2.45, 2.75) is 39.2 Å². The van der Waals surface area contributed by atoms with Gasteiger partial charge >= 0.3 is 0 Å². The molecule has 5 nitrogen and oxygen atoms in total. The van der Waals surface area contributed by atoms with Crippen LogP contribution in [0.15, 0.2) is 34.9 Å². The van der Waals surface area contributed by atoms with Crippen molar-refractivity contribution in [2.24, 2.45) is 11.8 Å². The highest BCUT2D eigenvalue weighted by Crippen LogP contribution is 2.30. The number of carbonyl (C=O) groups excluding carboxylic acids is 2. The Morgan fingerprint density at radius 2 is 2.00 bits per heavy atom. The maximum atomic E-state index is 12.5. The molecule has 3 rings (SSSR count). The molecular formula is C18H22N2O3S. The van der Waals surface area contributed by atoms with E-state index in [4.69, 9.17) is 4.42 Å². The van der Waals surface area contributed by atoms with E-state index in [1.165, 1.54) is 24.0 Å². The zero-order valence-corrected chi connectivity index (χ0v) is 14.7. The van der Waals surface area contributed by atoms with Gasteiger partial charge in [-0.25, -0.2) is 0 Å². The first kappa shape index (κ1) is 16.8. The Balaban J connectivity index is 1.60. The molecule has 6 heteroatoms. The average molecular weight is 346 g/mol. The molecule has 0 aliphatic heterocycles. The SMILES string of the molecule is CC1CCCC(NC(=O)c2ccc(NC(=O)c3ccco3)s2)C1C. The molecule has 24 heavy (non-hydrogen) atoms. The second-order valence-corrected chi connectivity index (χ2v) is 7.53. The largest absolute Gasteiger partial charge is 0.459 e. The van der Waals surface area contributed by atoms with Crippen LogP contribution in [0.5, 0.6) is 0 Å². The minimum absolute atomic E-state index is 0.0653. The Bertz CT molecular complexity index is 708. The summed E-state index contributed by atoms with van der Waals surface area (Å²) in [6.45, 7) is 4.45. The summed E-state index contributed by atoms with van der Waals surface area (Å²) in [5, 5.41) is 6.53. The molecule has 2 amide bonds. The minimum Gasteiger partial charge on any atom is -0.459 e. The third kappa shape index (κ3) is 3.70. The minimum atomic E-state index is -0.316. The molecule has 128 valence electrons. The van der Waals surface area contributed by atoms with Crippen LogP contribution in [0.4, 0.5) is 5.00 Å². The molecule has 2 aromatic heterocycles. The number of amides is 2. The van der Waals surface area contributed by atoms with E-state index in [1.54, 1.807) is 24.3 Å². The van der Waals surface area contributed by atoms with Crippen LogP contribution >= 0.6 is 11.3 Å². The lowest BCUT2D eigenvalue weighted by atomic mass is 9.78. The van der Waals surface area contributed by atoms with Gasteiger partial charge in [0.15, 0.2) is 5.76 Å². The fourth-order valence-electron chi connectivity index (χ4n) is 3.13. The molecule has 1 saturated carbocycles. The van der Waals surface area contributed by atoms with Crippen LogP contribution < -0.4 is 10.6 Å². The number of furan rings is 1. The molecule has 0 saturated heterocycles. The predicted molar refractivity (Wildman–Crippen MR) is 94.4 cm³/mol. The monoisotopic (exact) mass is 346 g/mol. The van der Waals surface area contributed by atoms with Crippen LogP contribution in [-0.2, 0) is 0 Å². The lowest BCUT2D eigenvalue weighted by Crippen LogP contribution is -2.43. The van der Waals surface area contributed by atoms with Crippen LogP contribution in [0.1, 0.15) is 53.3 Å². The summed E-state index contributed by atoms with van der Waals surface area (Å²) >= 11 is 1.27. The van der Waals surface area contributed by atoms with Gasteiger partial charge in [0.05, 0.1) is 16.1 Å². The molecule has 2 heterocycles. The van der Waals surface area contributed by atoms with Gasteiger partial charge < -0.3 is 15.1 Å². The fraction of sp³-hybridized carbons (Fsp3) is 0.444. The molecule has 2 aromatic rings. The van der Waals surface area contributed by atoms with Gasteiger partial charge in [0, 0.05) is 6.04 Å². The Labute approximate surface area is 145 Å². The number of hydrogen-bond donors (Lipinski definition) is 2. The van der Waals surface area contributed by atoms with Crippen LogP contribution in [0, 0.1) is 11.8 Å². The number of anilines is 1. The molecule has 1 aliphatic rings. The zero-order chi connectivity index (χ0) is 17.1. The van der Waals surface area contributed by atoms with Crippen molar-refractivity contribution in [1.29, 1.82) is 0 Å². The van der Waals surface area contributed by atoms with Gasteiger partial charge in [0.2, 0.25) is 0 Å². The maximum absolute atomic E-state index is 12.5. The van der Waals surface area contributed by atoms with E-state index in [0.717, 1.165) is 12.8 Å². The van der Waals surface area contributed by atoms with Gasteiger partial charge in [-0.2, -0.15) is 0 Å². The van der Waals surface area contributed by atoms with Crippen LogP contribution in [0.2, 0.25) is 0 Å². The first-order chi connectivity index (χ1) is 11.5. The van der Waals surface area contributed by atoms with E-state index < -0.39 is 0 Å². The summed E-state index contributed by atoms with van der Waals surface area (Å²) in [4.78, 5) is 25.0. The van der Waals surface area contributed by atoms with Crippen molar-refractivity contribution < 1.29 is 14.0 Å². The molecule has 1 aliphatic carbocycles. The van der Waals surface area contributed by atoms with Crippen molar-refractivity contribution >= 4 is 28.2 Å². The van der Waals surface area contributed by atoms with Gasteiger partial charge in [0.25, 0.3) is 11.8 Å². The number of rotatable bonds is 4. The van der Waals surface area contributed by atoms with E-state index >= 15 is 0 Å². The van der Waals surface area contributed by atoms with Crippen LogP contribution in [-0.4, -0.2) is 17.9 Å². The third-order valence-electron chi connectivity index (χ3n) is 4.83. The summed E-state index contributed by atoms with van der Waals surface area (Å²) < 4.78 is 5.06. The Kier molecular flexibility index (Phi) is 5.04. The highest BCUT2D eigenvalue weighted by molar-refractivity contribution is 7.18. The van der Waals surface area contributed by atoms with Gasteiger partial charge in [-0.1, -0.05) is 26.7 Å². The molecule has 3 atom stereocenters. The first-order valence-corrected chi connectivity index (χ1v) is 9.12. The second-order valence-electron chi connectivity index (χ2n) is 6.44. The second kappa shape index (κ2) is 7.21. The number of carbonyl (C=O) groups is 2. The standard InChI is InChI=1S/C18H22N2O3S/c1-11-5-3-6-13(12(11)2)19-18(22)15-8-9-16(24-15)20-17(21)14-7-4-10-23-14/h4,7-13H,3,5-6H2,1-2H3,(H,19,22)(H,20,21). The molecule has 0 radical (unpaired) electrons. The van der Waals surface area contributed by atoms with Gasteiger partial charge in [0.1, 0.15) is 0 Å². The molecule has 3 unspecified atom stereocenters. The third-order valence-corrected chi connectivity index (χ3v) is 5.83. The number of hydrogen-bond acceptors (Lipinski definition) is 4. The average Bonchev–Trinajstić information content (AvgIpc) is 3.23. The molecule has 2 N–H and O–H groups in total. The summed E-state index contributed by atoms with van der Waals surface area (Å²) in [6, 6.07) is 6.98. The highest BCUT2D eigenvalue weighted by atomic mass is 32.1. The number of thiophene rings is 1. The maximum Gasteiger partial charge on any atom is 0.291 e. The highest BCUT2D eigenvalue weighted by Gasteiger charge is 2.28. The van der Waals surface area contributed by atoms with Gasteiger partial charge in [-0.15, -0.1) is 11.3 Å². The molecular weight excluding hydrogens is 324 g/mol. The summed E-state index contributed by atoms with van der Waals surface area (Å²) in [6.07, 6.45) is 4.88. The first-order valence-electron chi connectivity index (χ1n) is 8.30. The van der Waals surface area contributed by atoms with Crippen molar-refractivity contribution in [2.75, 3.05) is 5.32 Å². The van der Waals surface area contributed by atoms with Gasteiger partial charge in [-0.05, 0) is 42.5 Å². The molecule has 0 bridgehead atoms. The molecule has 1 fully saturated rings.